The molecule has 0 spiro atoms. The van der Waals surface area contributed by atoms with Crippen LogP contribution in [0.1, 0.15) is 54.4 Å². The Morgan fingerprint density at radius 3 is 2.30 bits per heavy atom. The van der Waals surface area contributed by atoms with Crippen molar-refractivity contribution in [3.05, 3.63) is 53.6 Å². The lowest BCUT2D eigenvalue weighted by molar-refractivity contribution is 0.0827. The third-order valence-electron chi connectivity index (χ3n) is 5.70. The predicted octanol–water partition coefficient (Wildman–Crippen LogP) is 5.58. The molecule has 2 aromatic rings. The number of amides is 1. The van der Waals surface area contributed by atoms with Gasteiger partial charge in [-0.05, 0) is 59.7 Å². The molecular weight excluding hydrogens is 334 g/mol. The smallest absolute Gasteiger partial charge is 0.253 e. The highest BCUT2D eigenvalue weighted by Gasteiger charge is 2.15. The largest absolute Gasteiger partial charge is 0.496 e. The molecule has 0 aliphatic heterocycles. The molecule has 144 valence electrons. The number of nitrogens with zero attached hydrogens (tertiary/aromatic N) is 1. The Balaban J connectivity index is 1.76. The summed E-state index contributed by atoms with van der Waals surface area (Å²) in [5, 5.41) is 0. The molecule has 1 aliphatic rings. The van der Waals surface area contributed by atoms with Gasteiger partial charge in [-0.25, -0.2) is 0 Å². The number of ether oxygens (including phenoxy) is 1. The second-order valence-corrected chi connectivity index (χ2v) is 7.85. The van der Waals surface area contributed by atoms with Crippen LogP contribution in [0.15, 0.2) is 42.5 Å². The van der Waals surface area contributed by atoms with E-state index in [-0.39, 0.29) is 5.91 Å². The standard InChI is InChI=1S/C24H31NO2/c1-25(2)24(26)20-13-11-19(12-14-20)21-15-16-23(27-3)22(17-21)10-9-18-7-5-4-6-8-18/h11-18H,4-10H2,1-3H3. The Bertz CT molecular complexity index is 758. The van der Waals surface area contributed by atoms with Crippen molar-refractivity contribution in [1.29, 1.82) is 0 Å². The molecule has 1 amide bonds. The van der Waals surface area contributed by atoms with Crippen LogP contribution >= 0.6 is 0 Å². The lowest BCUT2D eigenvalue weighted by Crippen LogP contribution is -2.21. The maximum Gasteiger partial charge on any atom is 0.253 e. The van der Waals surface area contributed by atoms with Crippen molar-refractivity contribution in [2.45, 2.75) is 44.9 Å². The highest BCUT2D eigenvalue weighted by Crippen LogP contribution is 2.32. The SMILES string of the molecule is COc1ccc(-c2ccc(C(=O)N(C)C)cc2)cc1CCC1CCCCC1. The lowest BCUT2D eigenvalue weighted by atomic mass is 9.85. The molecule has 1 fully saturated rings. The van der Waals surface area contributed by atoms with Crippen LogP contribution < -0.4 is 4.74 Å². The monoisotopic (exact) mass is 365 g/mol. The van der Waals surface area contributed by atoms with Gasteiger partial charge in [0.15, 0.2) is 0 Å². The summed E-state index contributed by atoms with van der Waals surface area (Å²) in [6, 6.07) is 14.3. The summed E-state index contributed by atoms with van der Waals surface area (Å²) in [4.78, 5) is 13.7. The molecule has 3 rings (SSSR count). The predicted molar refractivity (Wildman–Crippen MR) is 111 cm³/mol. The van der Waals surface area contributed by atoms with Gasteiger partial charge in [-0.2, -0.15) is 0 Å². The summed E-state index contributed by atoms with van der Waals surface area (Å²) < 4.78 is 5.60. The molecule has 0 atom stereocenters. The molecule has 0 aromatic heterocycles. The van der Waals surface area contributed by atoms with Gasteiger partial charge in [0.1, 0.15) is 5.75 Å². The van der Waals surface area contributed by atoms with Gasteiger partial charge in [0, 0.05) is 19.7 Å². The topological polar surface area (TPSA) is 29.5 Å². The maximum atomic E-state index is 12.1. The van der Waals surface area contributed by atoms with E-state index in [9.17, 15) is 4.79 Å². The Kier molecular flexibility index (Phi) is 6.54. The van der Waals surface area contributed by atoms with Gasteiger partial charge in [0.25, 0.3) is 5.91 Å². The summed E-state index contributed by atoms with van der Waals surface area (Å²) >= 11 is 0. The van der Waals surface area contributed by atoms with Gasteiger partial charge in [0.05, 0.1) is 7.11 Å². The van der Waals surface area contributed by atoms with E-state index < -0.39 is 0 Å². The highest BCUT2D eigenvalue weighted by molar-refractivity contribution is 5.94. The first kappa shape index (κ1) is 19.5. The summed E-state index contributed by atoms with van der Waals surface area (Å²) in [5.74, 6) is 1.88. The summed E-state index contributed by atoms with van der Waals surface area (Å²) in [7, 11) is 5.30. The third kappa shape index (κ3) is 4.91. The Morgan fingerprint density at radius 1 is 1.00 bits per heavy atom. The fraction of sp³-hybridized carbons (Fsp3) is 0.458. The minimum Gasteiger partial charge on any atom is -0.496 e. The van der Waals surface area contributed by atoms with Crippen molar-refractivity contribution in [2.75, 3.05) is 21.2 Å². The highest BCUT2D eigenvalue weighted by atomic mass is 16.5. The van der Waals surface area contributed by atoms with Crippen LogP contribution in [0.3, 0.4) is 0 Å². The van der Waals surface area contributed by atoms with Crippen molar-refractivity contribution in [2.24, 2.45) is 5.92 Å². The van der Waals surface area contributed by atoms with Crippen molar-refractivity contribution < 1.29 is 9.53 Å². The number of hydrogen-bond donors (Lipinski definition) is 0. The van der Waals surface area contributed by atoms with Gasteiger partial charge < -0.3 is 9.64 Å². The normalized spacial score (nSPS) is 14.8. The first-order chi connectivity index (χ1) is 13.1. The number of benzene rings is 2. The quantitative estimate of drug-likeness (QED) is 0.669. The van der Waals surface area contributed by atoms with Crippen molar-refractivity contribution in [3.63, 3.8) is 0 Å². The molecule has 27 heavy (non-hydrogen) atoms. The molecule has 1 saturated carbocycles. The first-order valence-electron chi connectivity index (χ1n) is 10.1. The van der Waals surface area contributed by atoms with Crippen LogP contribution in [0.4, 0.5) is 0 Å². The van der Waals surface area contributed by atoms with E-state index in [1.165, 1.54) is 49.7 Å². The van der Waals surface area contributed by atoms with Gasteiger partial charge in [0.2, 0.25) is 0 Å². The van der Waals surface area contributed by atoms with Crippen LogP contribution in [-0.2, 0) is 6.42 Å². The second-order valence-electron chi connectivity index (χ2n) is 7.85. The minimum atomic E-state index is 0.0319. The summed E-state index contributed by atoms with van der Waals surface area (Å²) in [6.45, 7) is 0. The minimum absolute atomic E-state index is 0.0319. The molecule has 3 heteroatoms. The molecule has 3 nitrogen and oxygen atoms in total. The summed E-state index contributed by atoms with van der Waals surface area (Å²) in [5.41, 5.74) is 4.31. The summed E-state index contributed by atoms with van der Waals surface area (Å²) in [6.07, 6.45) is 9.25. The molecular formula is C24H31NO2. The second kappa shape index (κ2) is 9.07. The average Bonchev–Trinajstić information content (AvgIpc) is 2.72. The fourth-order valence-corrected chi connectivity index (χ4v) is 4.05. The van der Waals surface area contributed by atoms with E-state index in [1.54, 1.807) is 26.1 Å². The maximum absolute atomic E-state index is 12.1. The first-order valence-corrected chi connectivity index (χ1v) is 10.1. The zero-order chi connectivity index (χ0) is 19.2. The molecule has 1 aliphatic carbocycles. The molecule has 0 radical (unpaired) electrons. The number of carbonyl (C=O) groups excluding carboxylic acids is 1. The van der Waals surface area contributed by atoms with Gasteiger partial charge >= 0.3 is 0 Å². The third-order valence-corrected chi connectivity index (χ3v) is 5.70. The zero-order valence-electron chi connectivity index (χ0n) is 16.8. The van der Waals surface area contributed by atoms with Crippen molar-refractivity contribution in [1.82, 2.24) is 4.90 Å². The van der Waals surface area contributed by atoms with E-state index in [2.05, 4.69) is 18.2 Å². The number of aryl methyl sites for hydroxylation is 1. The van der Waals surface area contributed by atoms with Crippen molar-refractivity contribution >= 4 is 5.91 Å². The van der Waals surface area contributed by atoms with E-state index in [1.807, 2.05) is 24.3 Å². The molecule has 0 unspecified atom stereocenters. The van der Waals surface area contributed by atoms with Gasteiger partial charge in [-0.1, -0.05) is 50.3 Å². The Hall–Kier alpha value is -2.29. The zero-order valence-corrected chi connectivity index (χ0v) is 16.8. The van der Waals surface area contributed by atoms with Gasteiger partial charge in [-0.15, -0.1) is 0 Å². The molecule has 0 bridgehead atoms. The van der Waals surface area contributed by atoms with Crippen LogP contribution in [0.25, 0.3) is 11.1 Å². The average molecular weight is 366 g/mol. The Morgan fingerprint density at radius 2 is 1.67 bits per heavy atom. The van der Waals surface area contributed by atoms with Crippen LogP contribution in [0.5, 0.6) is 5.75 Å². The molecule has 0 heterocycles. The van der Waals surface area contributed by atoms with Crippen LogP contribution in [0.2, 0.25) is 0 Å². The lowest BCUT2D eigenvalue weighted by Gasteiger charge is -2.22. The van der Waals surface area contributed by atoms with Crippen LogP contribution in [0, 0.1) is 5.92 Å². The number of rotatable bonds is 6. The Labute approximate surface area is 163 Å². The van der Waals surface area contributed by atoms with Gasteiger partial charge in [-0.3, -0.25) is 4.79 Å². The number of hydrogen-bond acceptors (Lipinski definition) is 2. The molecule has 2 aromatic carbocycles. The molecule has 0 saturated heterocycles. The van der Waals surface area contributed by atoms with E-state index in [4.69, 9.17) is 4.74 Å². The number of carbonyl (C=O) groups is 1. The fourth-order valence-electron chi connectivity index (χ4n) is 4.05. The van der Waals surface area contributed by atoms with Crippen LogP contribution in [-0.4, -0.2) is 32.0 Å². The molecule has 0 N–H and O–H groups in total. The van der Waals surface area contributed by atoms with E-state index in [0.717, 1.165) is 29.2 Å². The number of methoxy groups -OCH3 is 1. The van der Waals surface area contributed by atoms with E-state index in [0.29, 0.717) is 0 Å². The van der Waals surface area contributed by atoms with E-state index >= 15 is 0 Å². The van der Waals surface area contributed by atoms with Crippen molar-refractivity contribution in [3.8, 4) is 16.9 Å².